The van der Waals surface area contributed by atoms with Gasteiger partial charge < -0.3 is 14.6 Å². The first-order valence-corrected chi connectivity index (χ1v) is 7.06. The molecule has 1 aromatic heterocycles. The van der Waals surface area contributed by atoms with Crippen molar-refractivity contribution in [1.82, 2.24) is 15.5 Å². The standard InChI is InChI=1S/C13H19N3O2/c1-2-9-5-8(1)6-10(9)12-15-13(18-16-12)11-7-14-3-4-17-11/h8-11,14H,1-7H2. The van der Waals surface area contributed by atoms with Crippen LogP contribution < -0.4 is 5.32 Å². The van der Waals surface area contributed by atoms with E-state index in [2.05, 4.69) is 15.5 Å². The quantitative estimate of drug-likeness (QED) is 0.863. The average molecular weight is 249 g/mol. The molecule has 0 aromatic carbocycles. The van der Waals surface area contributed by atoms with Crippen molar-refractivity contribution in [2.75, 3.05) is 19.7 Å². The summed E-state index contributed by atoms with van der Waals surface area (Å²) in [5.74, 6) is 3.82. The van der Waals surface area contributed by atoms with Crippen LogP contribution in [0.5, 0.6) is 0 Å². The molecule has 2 bridgehead atoms. The minimum atomic E-state index is -0.0569. The zero-order valence-corrected chi connectivity index (χ0v) is 10.5. The van der Waals surface area contributed by atoms with Crippen molar-refractivity contribution in [3.05, 3.63) is 11.7 Å². The minimum Gasteiger partial charge on any atom is -0.366 e. The number of rotatable bonds is 2. The number of ether oxygens (including phenoxy) is 1. The monoisotopic (exact) mass is 249 g/mol. The number of fused-ring (bicyclic) bond motifs is 2. The van der Waals surface area contributed by atoms with E-state index in [1.54, 1.807) is 0 Å². The molecule has 2 heterocycles. The van der Waals surface area contributed by atoms with Crippen molar-refractivity contribution in [1.29, 1.82) is 0 Å². The SMILES string of the molecule is C1COC(c2nc(C3CC4CCC3C4)no2)CN1. The second-order valence-electron chi connectivity index (χ2n) is 5.84. The van der Waals surface area contributed by atoms with Crippen LogP contribution in [0.2, 0.25) is 0 Å². The Labute approximate surface area is 106 Å². The van der Waals surface area contributed by atoms with Gasteiger partial charge in [-0.2, -0.15) is 4.98 Å². The predicted octanol–water partition coefficient (Wildman–Crippen LogP) is 1.63. The molecule has 1 N–H and O–H groups in total. The second kappa shape index (κ2) is 4.31. The van der Waals surface area contributed by atoms with E-state index in [1.807, 2.05) is 0 Å². The molecule has 5 heteroatoms. The van der Waals surface area contributed by atoms with Gasteiger partial charge in [0.2, 0.25) is 0 Å². The van der Waals surface area contributed by atoms with E-state index in [4.69, 9.17) is 9.26 Å². The Hall–Kier alpha value is -0.940. The lowest BCUT2D eigenvalue weighted by atomic mass is 9.88. The molecule has 1 saturated heterocycles. The van der Waals surface area contributed by atoms with Gasteiger partial charge in [0.25, 0.3) is 5.89 Å². The lowest BCUT2D eigenvalue weighted by Crippen LogP contribution is -2.33. The zero-order chi connectivity index (χ0) is 11.9. The zero-order valence-electron chi connectivity index (χ0n) is 10.5. The summed E-state index contributed by atoms with van der Waals surface area (Å²) in [6, 6.07) is 0. The Balaban J connectivity index is 1.51. The van der Waals surface area contributed by atoms with Gasteiger partial charge in [0.15, 0.2) is 5.82 Å². The second-order valence-corrected chi connectivity index (χ2v) is 5.84. The lowest BCUT2D eigenvalue weighted by Gasteiger charge is -2.20. The molecule has 1 aromatic rings. The molecular weight excluding hydrogens is 230 g/mol. The fourth-order valence-corrected chi connectivity index (χ4v) is 3.81. The minimum absolute atomic E-state index is 0.0569. The normalized spacial score (nSPS) is 39.3. The van der Waals surface area contributed by atoms with Gasteiger partial charge >= 0.3 is 0 Å². The summed E-state index contributed by atoms with van der Waals surface area (Å²) in [5, 5.41) is 7.48. The van der Waals surface area contributed by atoms with Crippen molar-refractivity contribution >= 4 is 0 Å². The summed E-state index contributed by atoms with van der Waals surface area (Å²) < 4.78 is 11.0. The summed E-state index contributed by atoms with van der Waals surface area (Å²) in [6.07, 6.45) is 5.32. The van der Waals surface area contributed by atoms with Gasteiger partial charge in [0.1, 0.15) is 6.10 Å². The van der Waals surface area contributed by atoms with Gasteiger partial charge in [-0.1, -0.05) is 11.6 Å². The topological polar surface area (TPSA) is 60.2 Å². The smallest absolute Gasteiger partial charge is 0.257 e. The van der Waals surface area contributed by atoms with Crippen LogP contribution in [0, 0.1) is 11.8 Å². The van der Waals surface area contributed by atoms with Gasteiger partial charge in [-0.15, -0.1) is 0 Å². The number of nitrogens with zero attached hydrogens (tertiary/aromatic N) is 2. The maximum Gasteiger partial charge on any atom is 0.257 e. The molecule has 3 fully saturated rings. The number of morpholine rings is 1. The highest BCUT2D eigenvalue weighted by Gasteiger charge is 2.42. The highest BCUT2D eigenvalue weighted by Crippen LogP contribution is 2.52. The molecule has 4 atom stereocenters. The largest absolute Gasteiger partial charge is 0.366 e. The average Bonchev–Trinajstić information content (AvgIpc) is 3.15. The van der Waals surface area contributed by atoms with E-state index in [0.29, 0.717) is 11.8 Å². The molecule has 0 spiro atoms. The summed E-state index contributed by atoms with van der Waals surface area (Å²) >= 11 is 0. The molecule has 3 aliphatic rings. The van der Waals surface area contributed by atoms with Crippen LogP contribution in [0.15, 0.2) is 4.52 Å². The van der Waals surface area contributed by atoms with Crippen LogP contribution in [0.1, 0.15) is 49.4 Å². The highest BCUT2D eigenvalue weighted by atomic mass is 16.5. The maximum atomic E-state index is 5.64. The summed E-state index contributed by atoms with van der Waals surface area (Å²) in [7, 11) is 0. The molecule has 5 nitrogen and oxygen atoms in total. The van der Waals surface area contributed by atoms with E-state index < -0.39 is 0 Å². The first-order chi connectivity index (χ1) is 8.90. The number of aromatic nitrogens is 2. The van der Waals surface area contributed by atoms with Crippen molar-refractivity contribution in [2.24, 2.45) is 11.8 Å². The van der Waals surface area contributed by atoms with Crippen molar-refractivity contribution < 1.29 is 9.26 Å². The fraction of sp³-hybridized carbons (Fsp3) is 0.846. The van der Waals surface area contributed by atoms with Crippen LogP contribution >= 0.6 is 0 Å². The van der Waals surface area contributed by atoms with Crippen LogP contribution in [0.4, 0.5) is 0 Å². The third kappa shape index (κ3) is 1.77. The third-order valence-corrected chi connectivity index (χ3v) is 4.73. The van der Waals surface area contributed by atoms with Gasteiger partial charge in [-0.05, 0) is 31.1 Å². The molecule has 0 amide bonds. The Morgan fingerprint density at radius 3 is 2.94 bits per heavy atom. The van der Waals surface area contributed by atoms with Gasteiger partial charge in [0.05, 0.1) is 6.61 Å². The van der Waals surface area contributed by atoms with Gasteiger partial charge in [-0.3, -0.25) is 0 Å². The summed E-state index contributed by atoms with van der Waals surface area (Å²) in [4.78, 5) is 4.59. The molecule has 1 aliphatic heterocycles. The summed E-state index contributed by atoms with van der Waals surface area (Å²) in [5.41, 5.74) is 0. The van der Waals surface area contributed by atoms with Crippen molar-refractivity contribution in [2.45, 2.75) is 37.7 Å². The van der Waals surface area contributed by atoms with E-state index in [-0.39, 0.29) is 6.10 Å². The maximum absolute atomic E-state index is 5.64. The first-order valence-electron chi connectivity index (χ1n) is 7.06. The third-order valence-electron chi connectivity index (χ3n) is 4.73. The number of hydrogen-bond acceptors (Lipinski definition) is 5. The Morgan fingerprint density at radius 2 is 2.22 bits per heavy atom. The van der Waals surface area contributed by atoms with Crippen molar-refractivity contribution in [3.8, 4) is 0 Å². The number of hydrogen-bond donors (Lipinski definition) is 1. The molecule has 2 aliphatic carbocycles. The molecule has 98 valence electrons. The first kappa shape index (κ1) is 10.9. The van der Waals surface area contributed by atoms with Crippen LogP contribution in [-0.2, 0) is 4.74 Å². The van der Waals surface area contributed by atoms with E-state index in [9.17, 15) is 0 Å². The van der Waals surface area contributed by atoms with Crippen LogP contribution in [0.25, 0.3) is 0 Å². The molecular formula is C13H19N3O2. The van der Waals surface area contributed by atoms with Gasteiger partial charge in [0, 0.05) is 19.0 Å². The highest BCUT2D eigenvalue weighted by molar-refractivity contribution is 5.07. The van der Waals surface area contributed by atoms with Crippen LogP contribution in [0.3, 0.4) is 0 Å². The predicted molar refractivity (Wildman–Crippen MR) is 64.0 cm³/mol. The lowest BCUT2D eigenvalue weighted by molar-refractivity contribution is 0.00755. The van der Waals surface area contributed by atoms with E-state index in [1.165, 1.54) is 25.7 Å². The Bertz CT molecular complexity index is 428. The van der Waals surface area contributed by atoms with Crippen molar-refractivity contribution in [3.63, 3.8) is 0 Å². The fourth-order valence-electron chi connectivity index (χ4n) is 3.81. The molecule has 2 saturated carbocycles. The molecule has 4 unspecified atom stereocenters. The van der Waals surface area contributed by atoms with Gasteiger partial charge in [-0.25, -0.2) is 0 Å². The number of nitrogens with one attached hydrogen (secondary N) is 1. The Kier molecular flexibility index (Phi) is 2.62. The summed E-state index contributed by atoms with van der Waals surface area (Å²) in [6.45, 7) is 2.40. The van der Waals surface area contributed by atoms with E-state index in [0.717, 1.165) is 37.4 Å². The Morgan fingerprint density at radius 1 is 1.22 bits per heavy atom. The molecule has 0 radical (unpaired) electrons. The van der Waals surface area contributed by atoms with E-state index >= 15 is 0 Å². The molecule has 18 heavy (non-hydrogen) atoms. The molecule has 4 rings (SSSR count). The van der Waals surface area contributed by atoms with Crippen LogP contribution in [-0.4, -0.2) is 29.8 Å².